The summed E-state index contributed by atoms with van der Waals surface area (Å²) in [5.41, 5.74) is 2.03. The molecule has 2 fully saturated rings. The van der Waals surface area contributed by atoms with Crippen molar-refractivity contribution in [3.05, 3.63) is 60.2 Å². The van der Waals surface area contributed by atoms with E-state index in [-0.39, 0.29) is 30.4 Å². The monoisotopic (exact) mass is 407 g/mol. The van der Waals surface area contributed by atoms with Crippen LogP contribution >= 0.6 is 0 Å². The smallest absolute Gasteiger partial charge is 0.258 e. The van der Waals surface area contributed by atoms with Crippen LogP contribution in [-0.4, -0.2) is 42.5 Å². The van der Waals surface area contributed by atoms with Gasteiger partial charge in [-0.3, -0.25) is 14.5 Å². The highest BCUT2D eigenvalue weighted by Gasteiger charge is 2.29. The first kappa shape index (κ1) is 20.4. The van der Waals surface area contributed by atoms with E-state index >= 15 is 0 Å². The van der Waals surface area contributed by atoms with Gasteiger partial charge in [-0.2, -0.15) is 0 Å². The molecule has 1 saturated heterocycles. The Morgan fingerprint density at radius 2 is 1.73 bits per heavy atom. The third-order valence-corrected chi connectivity index (χ3v) is 5.62. The molecule has 1 saturated carbocycles. The normalized spacial score (nSPS) is 17.3. The number of nitrogens with one attached hydrogen (secondary N) is 2. The van der Waals surface area contributed by atoms with E-state index in [2.05, 4.69) is 39.8 Å². The number of ether oxygens (including phenoxy) is 1. The van der Waals surface area contributed by atoms with Gasteiger partial charge in [0.05, 0.1) is 0 Å². The van der Waals surface area contributed by atoms with Crippen LogP contribution in [0.1, 0.15) is 31.2 Å². The van der Waals surface area contributed by atoms with Gasteiger partial charge >= 0.3 is 0 Å². The summed E-state index contributed by atoms with van der Waals surface area (Å²) in [5, 5.41) is 5.98. The summed E-state index contributed by atoms with van der Waals surface area (Å²) in [4.78, 5) is 26.6. The van der Waals surface area contributed by atoms with E-state index in [1.165, 1.54) is 5.56 Å². The van der Waals surface area contributed by atoms with Crippen LogP contribution in [0.4, 0.5) is 5.69 Å². The average Bonchev–Trinajstić information content (AvgIpc) is 3.60. The lowest BCUT2D eigenvalue weighted by atomic mass is 10.0. The minimum absolute atomic E-state index is 0.0236. The van der Waals surface area contributed by atoms with E-state index in [4.69, 9.17) is 4.74 Å². The summed E-state index contributed by atoms with van der Waals surface area (Å²) in [6.07, 6.45) is 3.82. The molecule has 0 atom stereocenters. The zero-order valence-electron chi connectivity index (χ0n) is 17.2. The molecular weight excluding hydrogens is 378 g/mol. The SMILES string of the molecule is O=C(COc1cccc(NC(=O)C2CC2)c1)NC1CCN(Cc2ccccc2)CC1. The van der Waals surface area contributed by atoms with E-state index in [9.17, 15) is 9.59 Å². The fraction of sp³-hybridized carbons (Fsp3) is 0.417. The number of anilines is 1. The second-order valence-electron chi connectivity index (χ2n) is 8.18. The molecule has 0 aromatic heterocycles. The number of amides is 2. The molecule has 1 aliphatic carbocycles. The molecule has 2 aliphatic rings. The Kier molecular flexibility index (Phi) is 6.64. The number of carbonyl (C=O) groups excluding carboxylic acids is 2. The lowest BCUT2D eigenvalue weighted by Crippen LogP contribution is -2.45. The van der Waals surface area contributed by atoms with Crippen LogP contribution in [0, 0.1) is 5.92 Å². The van der Waals surface area contributed by atoms with Gasteiger partial charge in [0, 0.05) is 43.3 Å². The van der Waals surface area contributed by atoms with Crippen LogP contribution in [0.25, 0.3) is 0 Å². The zero-order valence-corrected chi connectivity index (χ0v) is 17.2. The van der Waals surface area contributed by atoms with E-state index in [1.54, 1.807) is 12.1 Å². The largest absolute Gasteiger partial charge is 0.484 e. The molecule has 1 aliphatic heterocycles. The fourth-order valence-corrected chi connectivity index (χ4v) is 3.75. The van der Waals surface area contributed by atoms with Crippen LogP contribution < -0.4 is 15.4 Å². The maximum absolute atomic E-state index is 12.3. The second kappa shape index (κ2) is 9.76. The van der Waals surface area contributed by atoms with Crippen molar-refractivity contribution >= 4 is 17.5 Å². The maximum atomic E-state index is 12.3. The first-order valence-corrected chi connectivity index (χ1v) is 10.7. The van der Waals surface area contributed by atoms with Gasteiger partial charge in [-0.15, -0.1) is 0 Å². The van der Waals surface area contributed by atoms with Crippen molar-refractivity contribution in [3.63, 3.8) is 0 Å². The van der Waals surface area contributed by atoms with Gasteiger partial charge in [-0.25, -0.2) is 0 Å². The van der Waals surface area contributed by atoms with Crippen molar-refractivity contribution in [2.45, 2.75) is 38.3 Å². The van der Waals surface area contributed by atoms with Gasteiger partial charge in [-0.1, -0.05) is 36.4 Å². The lowest BCUT2D eigenvalue weighted by molar-refractivity contribution is -0.124. The fourth-order valence-electron chi connectivity index (χ4n) is 3.75. The third-order valence-electron chi connectivity index (χ3n) is 5.62. The Hall–Kier alpha value is -2.86. The lowest BCUT2D eigenvalue weighted by Gasteiger charge is -2.32. The number of hydrogen-bond donors (Lipinski definition) is 2. The molecule has 1 heterocycles. The van der Waals surface area contributed by atoms with Crippen molar-refractivity contribution in [1.82, 2.24) is 10.2 Å². The molecule has 158 valence electrons. The van der Waals surface area contributed by atoms with Crippen LogP contribution in [0.5, 0.6) is 5.75 Å². The number of likely N-dealkylation sites (tertiary alicyclic amines) is 1. The third kappa shape index (κ3) is 6.07. The number of benzene rings is 2. The van der Waals surface area contributed by atoms with Crippen LogP contribution in [0.3, 0.4) is 0 Å². The summed E-state index contributed by atoms with van der Waals surface area (Å²) in [7, 11) is 0. The van der Waals surface area contributed by atoms with E-state index in [0.717, 1.165) is 45.3 Å². The first-order valence-electron chi connectivity index (χ1n) is 10.7. The van der Waals surface area contributed by atoms with Gasteiger partial charge in [-0.05, 0) is 43.4 Å². The molecule has 6 heteroatoms. The quantitative estimate of drug-likeness (QED) is 0.705. The molecule has 2 aromatic rings. The molecule has 0 spiro atoms. The van der Waals surface area contributed by atoms with Gasteiger partial charge in [0.25, 0.3) is 5.91 Å². The van der Waals surface area contributed by atoms with Gasteiger partial charge in [0.15, 0.2) is 6.61 Å². The van der Waals surface area contributed by atoms with Gasteiger partial charge < -0.3 is 15.4 Å². The minimum Gasteiger partial charge on any atom is -0.484 e. The molecule has 6 nitrogen and oxygen atoms in total. The van der Waals surface area contributed by atoms with Crippen LogP contribution in [0.2, 0.25) is 0 Å². The highest BCUT2D eigenvalue weighted by atomic mass is 16.5. The summed E-state index contributed by atoms with van der Waals surface area (Å²) >= 11 is 0. The average molecular weight is 408 g/mol. The van der Waals surface area contributed by atoms with E-state index in [1.807, 2.05) is 18.2 Å². The Bertz CT molecular complexity index is 859. The predicted octanol–water partition coefficient (Wildman–Crippen LogP) is 3.19. The molecule has 0 unspecified atom stereocenters. The predicted molar refractivity (Wildman–Crippen MR) is 116 cm³/mol. The molecule has 0 bridgehead atoms. The number of nitrogens with zero attached hydrogens (tertiary/aromatic N) is 1. The van der Waals surface area contributed by atoms with Gasteiger partial charge in [0.1, 0.15) is 5.75 Å². The number of hydrogen-bond acceptors (Lipinski definition) is 4. The standard InChI is InChI=1S/C24H29N3O3/c28-23(17-30-22-8-4-7-21(15-22)26-24(29)19-9-10-19)25-20-11-13-27(14-12-20)16-18-5-2-1-3-6-18/h1-8,15,19-20H,9-14,16-17H2,(H,25,28)(H,26,29). The Morgan fingerprint density at radius 1 is 0.967 bits per heavy atom. The minimum atomic E-state index is -0.107. The second-order valence-corrected chi connectivity index (χ2v) is 8.18. The molecule has 0 radical (unpaired) electrons. The molecule has 2 amide bonds. The Morgan fingerprint density at radius 3 is 2.47 bits per heavy atom. The highest BCUT2D eigenvalue weighted by molar-refractivity contribution is 5.94. The Labute approximate surface area is 177 Å². The Balaban J connectivity index is 1.17. The van der Waals surface area contributed by atoms with Crippen LogP contribution in [-0.2, 0) is 16.1 Å². The van der Waals surface area contributed by atoms with E-state index in [0.29, 0.717) is 11.4 Å². The van der Waals surface area contributed by atoms with Crippen molar-refractivity contribution in [1.29, 1.82) is 0 Å². The summed E-state index contributed by atoms with van der Waals surface area (Å²) in [5.74, 6) is 0.684. The number of rotatable bonds is 8. The van der Waals surface area contributed by atoms with E-state index < -0.39 is 0 Å². The summed E-state index contributed by atoms with van der Waals surface area (Å²) in [6.45, 7) is 2.88. The van der Waals surface area contributed by atoms with Crippen molar-refractivity contribution in [2.75, 3.05) is 25.0 Å². The molecule has 4 rings (SSSR count). The molecule has 2 N–H and O–H groups in total. The van der Waals surface area contributed by atoms with Crippen LogP contribution in [0.15, 0.2) is 54.6 Å². The molecule has 30 heavy (non-hydrogen) atoms. The van der Waals surface area contributed by atoms with Crippen molar-refractivity contribution in [3.8, 4) is 5.75 Å². The first-order chi connectivity index (χ1) is 14.7. The topological polar surface area (TPSA) is 70.7 Å². The molecular formula is C24H29N3O3. The number of piperidine rings is 1. The van der Waals surface area contributed by atoms with Crippen molar-refractivity contribution in [2.24, 2.45) is 5.92 Å². The van der Waals surface area contributed by atoms with Gasteiger partial charge in [0.2, 0.25) is 5.91 Å². The summed E-state index contributed by atoms with van der Waals surface area (Å²) in [6, 6.07) is 17.9. The molecule has 2 aromatic carbocycles. The summed E-state index contributed by atoms with van der Waals surface area (Å²) < 4.78 is 5.63. The number of carbonyl (C=O) groups is 2. The van der Waals surface area contributed by atoms with Crippen molar-refractivity contribution < 1.29 is 14.3 Å². The highest BCUT2D eigenvalue weighted by Crippen LogP contribution is 2.30. The zero-order chi connectivity index (χ0) is 20.8. The maximum Gasteiger partial charge on any atom is 0.258 e.